The zero-order chi connectivity index (χ0) is 15.1. The lowest BCUT2D eigenvalue weighted by Crippen LogP contribution is -2.48. The van der Waals surface area contributed by atoms with Crippen LogP contribution in [0.3, 0.4) is 0 Å². The Balaban J connectivity index is 1.85. The average Bonchev–Trinajstić information content (AvgIpc) is 2.53. The Bertz CT molecular complexity index is 279. The van der Waals surface area contributed by atoms with Gasteiger partial charge in [0.25, 0.3) is 0 Å². The minimum absolute atomic E-state index is 0.0915. The molecule has 124 valence electrons. The summed E-state index contributed by atoms with van der Waals surface area (Å²) in [6.07, 6.45) is 8.81. The van der Waals surface area contributed by atoms with Crippen molar-refractivity contribution in [1.82, 2.24) is 5.32 Å². The van der Waals surface area contributed by atoms with Crippen molar-refractivity contribution in [3.63, 3.8) is 0 Å². The first-order chi connectivity index (χ1) is 10.1. The first-order valence-electron chi connectivity index (χ1n) is 9.08. The van der Waals surface area contributed by atoms with Crippen molar-refractivity contribution < 1.29 is 9.47 Å². The third-order valence-electron chi connectivity index (χ3n) is 5.39. The maximum atomic E-state index is 6.54. The molecule has 0 spiro atoms. The smallest absolute Gasteiger partial charge is 0.0806 e. The predicted octanol–water partition coefficient (Wildman–Crippen LogP) is 3.77. The third kappa shape index (κ3) is 5.54. The normalized spacial score (nSPS) is 31.7. The molecule has 0 unspecified atom stereocenters. The van der Waals surface area contributed by atoms with Gasteiger partial charge in [0.05, 0.1) is 12.2 Å². The fourth-order valence-electron chi connectivity index (χ4n) is 3.58. The Hall–Kier alpha value is -0.120. The summed E-state index contributed by atoms with van der Waals surface area (Å²) >= 11 is 0. The second-order valence-corrected chi connectivity index (χ2v) is 7.44. The van der Waals surface area contributed by atoms with Gasteiger partial charge in [-0.2, -0.15) is 0 Å². The van der Waals surface area contributed by atoms with Crippen LogP contribution in [0.5, 0.6) is 0 Å². The van der Waals surface area contributed by atoms with E-state index in [1.807, 2.05) is 0 Å². The van der Waals surface area contributed by atoms with E-state index in [-0.39, 0.29) is 5.60 Å². The van der Waals surface area contributed by atoms with Crippen LogP contribution in [-0.2, 0) is 9.47 Å². The van der Waals surface area contributed by atoms with Gasteiger partial charge in [-0.15, -0.1) is 0 Å². The molecule has 1 saturated heterocycles. The molecule has 3 nitrogen and oxygen atoms in total. The second kappa shape index (κ2) is 8.50. The van der Waals surface area contributed by atoms with Gasteiger partial charge in [0, 0.05) is 25.8 Å². The van der Waals surface area contributed by atoms with Gasteiger partial charge >= 0.3 is 0 Å². The predicted molar refractivity (Wildman–Crippen MR) is 87.6 cm³/mol. The third-order valence-corrected chi connectivity index (χ3v) is 5.39. The summed E-state index contributed by atoms with van der Waals surface area (Å²) in [6, 6.07) is 0.539. The SMILES string of the molecule is CCC1CCC(CNC(C)C)(OCC2CCOCC2)CC1. The van der Waals surface area contributed by atoms with Crippen LogP contribution in [0.2, 0.25) is 0 Å². The molecule has 2 aliphatic rings. The van der Waals surface area contributed by atoms with Crippen LogP contribution in [-0.4, -0.2) is 38.0 Å². The highest BCUT2D eigenvalue weighted by atomic mass is 16.5. The lowest BCUT2D eigenvalue weighted by Gasteiger charge is -2.41. The molecule has 0 bridgehead atoms. The Labute approximate surface area is 131 Å². The lowest BCUT2D eigenvalue weighted by molar-refractivity contribution is -0.0998. The Morgan fingerprint density at radius 2 is 1.76 bits per heavy atom. The van der Waals surface area contributed by atoms with E-state index in [0.717, 1.165) is 32.3 Å². The number of hydrogen-bond donors (Lipinski definition) is 1. The molecule has 0 atom stereocenters. The largest absolute Gasteiger partial charge is 0.381 e. The molecular weight excluding hydrogens is 262 g/mol. The van der Waals surface area contributed by atoms with Crippen molar-refractivity contribution in [2.75, 3.05) is 26.4 Å². The molecule has 1 N–H and O–H groups in total. The van der Waals surface area contributed by atoms with Gasteiger partial charge in [0.15, 0.2) is 0 Å². The van der Waals surface area contributed by atoms with Crippen LogP contribution in [0.15, 0.2) is 0 Å². The highest BCUT2D eigenvalue weighted by Crippen LogP contribution is 2.36. The summed E-state index contributed by atoms with van der Waals surface area (Å²) in [6.45, 7) is 10.6. The number of rotatable bonds is 7. The minimum Gasteiger partial charge on any atom is -0.381 e. The summed E-state index contributed by atoms with van der Waals surface area (Å²) in [5.41, 5.74) is 0.0915. The zero-order valence-electron chi connectivity index (χ0n) is 14.3. The van der Waals surface area contributed by atoms with E-state index in [9.17, 15) is 0 Å². The Morgan fingerprint density at radius 3 is 2.33 bits per heavy atom. The van der Waals surface area contributed by atoms with Gasteiger partial charge in [-0.3, -0.25) is 0 Å². The van der Waals surface area contributed by atoms with Crippen LogP contribution >= 0.6 is 0 Å². The maximum Gasteiger partial charge on any atom is 0.0806 e. The van der Waals surface area contributed by atoms with Crippen molar-refractivity contribution in [2.45, 2.75) is 77.4 Å². The van der Waals surface area contributed by atoms with E-state index >= 15 is 0 Å². The van der Waals surface area contributed by atoms with E-state index in [1.54, 1.807) is 0 Å². The molecule has 0 aromatic heterocycles. The molecule has 2 fully saturated rings. The quantitative estimate of drug-likeness (QED) is 0.776. The highest BCUT2D eigenvalue weighted by molar-refractivity contribution is 4.90. The fourth-order valence-corrected chi connectivity index (χ4v) is 3.58. The Kier molecular flexibility index (Phi) is 6.97. The molecular formula is C18H35NO2. The number of hydrogen-bond acceptors (Lipinski definition) is 3. The summed E-state index contributed by atoms with van der Waals surface area (Å²) < 4.78 is 12.0. The van der Waals surface area contributed by atoms with Gasteiger partial charge < -0.3 is 14.8 Å². The van der Waals surface area contributed by atoms with Crippen molar-refractivity contribution in [3.8, 4) is 0 Å². The number of nitrogens with one attached hydrogen (secondary N) is 1. The van der Waals surface area contributed by atoms with Crippen LogP contribution < -0.4 is 5.32 Å². The van der Waals surface area contributed by atoms with Gasteiger partial charge in [-0.1, -0.05) is 27.2 Å². The van der Waals surface area contributed by atoms with E-state index in [0.29, 0.717) is 12.0 Å². The van der Waals surface area contributed by atoms with E-state index < -0.39 is 0 Å². The molecule has 1 aliphatic heterocycles. The fraction of sp³-hybridized carbons (Fsp3) is 1.00. The van der Waals surface area contributed by atoms with Crippen molar-refractivity contribution in [3.05, 3.63) is 0 Å². The first kappa shape index (κ1) is 17.2. The van der Waals surface area contributed by atoms with Crippen LogP contribution in [0.25, 0.3) is 0 Å². The topological polar surface area (TPSA) is 30.5 Å². The van der Waals surface area contributed by atoms with Crippen molar-refractivity contribution in [2.24, 2.45) is 11.8 Å². The zero-order valence-corrected chi connectivity index (χ0v) is 14.3. The van der Waals surface area contributed by atoms with Gasteiger partial charge in [-0.25, -0.2) is 0 Å². The summed E-state index contributed by atoms with van der Waals surface area (Å²) in [5.74, 6) is 1.63. The molecule has 0 radical (unpaired) electrons. The number of ether oxygens (including phenoxy) is 2. The highest BCUT2D eigenvalue weighted by Gasteiger charge is 2.36. The second-order valence-electron chi connectivity index (χ2n) is 7.44. The maximum absolute atomic E-state index is 6.54. The summed E-state index contributed by atoms with van der Waals surface area (Å²) in [5, 5.41) is 3.63. The van der Waals surface area contributed by atoms with Crippen LogP contribution in [0.4, 0.5) is 0 Å². The summed E-state index contributed by atoms with van der Waals surface area (Å²) in [7, 11) is 0. The summed E-state index contributed by atoms with van der Waals surface area (Å²) in [4.78, 5) is 0. The standard InChI is InChI=1S/C18H35NO2/c1-4-16-5-9-18(10-6-16,14-19-15(2)3)21-13-17-7-11-20-12-8-17/h15-17,19H,4-14H2,1-3H3. The molecule has 1 saturated carbocycles. The molecule has 2 rings (SSSR count). The lowest BCUT2D eigenvalue weighted by atomic mass is 9.77. The van der Waals surface area contributed by atoms with Crippen LogP contribution in [0, 0.1) is 11.8 Å². The molecule has 1 heterocycles. The van der Waals surface area contributed by atoms with Gasteiger partial charge in [0.2, 0.25) is 0 Å². The minimum atomic E-state index is 0.0915. The van der Waals surface area contributed by atoms with Crippen molar-refractivity contribution in [1.29, 1.82) is 0 Å². The molecule has 0 aromatic carbocycles. The van der Waals surface area contributed by atoms with Crippen LogP contribution in [0.1, 0.15) is 65.7 Å². The molecule has 0 aromatic rings. The first-order valence-corrected chi connectivity index (χ1v) is 9.08. The monoisotopic (exact) mass is 297 g/mol. The van der Waals surface area contributed by atoms with Gasteiger partial charge in [0.1, 0.15) is 0 Å². The van der Waals surface area contributed by atoms with Crippen molar-refractivity contribution >= 4 is 0 Å². The molecule has 21 heavy (non-hydrogen) atoms. The molecule has 1 aliphatic carbocycles. The van der Waals surface area contributed by atoms with E-state index in [2.05, 4.69) is 26.1 Å². The molecule has 0 amide bonds. The van der Waals surface area contributed by atoms with E-state index in [1.165, 1.54) is 44.9 Å². The average molecular weight is 297 g/mol. The van der Waals surface area contributed by atoms with Gasteiger partial charge in [-0.05, 0) is 50.4 Å². The molecule has 3 heteroatoms. The van der Waals surface area contributed by atoms with E-state index in [4.69, 9.17) is 9.47 Å². The Morgan fingerprint density at radius 1 is 1.10 bits per heavy atom.